The van der Waals surface area contributed by atoms with Crippen LogP contribution in [0.25, 0.3) is 22.3 Å². The average Bonchev–Trinajstić information content (AvgIpc) is 4.14. The number of ether oxygens (including phenoxy) is 8. The molecule has 0 amide bonds. The van der Waals surface area contributed by atoms with E-state index >= 15 is 0 Å². The van der Waals surface area contributed by atoms with Crippen LogP contribution in [0.4, 0.5) is 0 Å². The molecule has 4 aliphatic heterocycles. The van der Waals surface area contributed by atoms with E-state index < -0.39 is 0 Å². The van der Waals surface area contributed by atoms with E-state index in [1.807, 2.05) is 24.3 Å². The standard InChI is InChI=1S/C34H50O4.C30H34O4/c1-5-9-13-25-17-29(18-26(14-10-6-2)33(25)37-23-31-21-35-31)30-19-27(15-11-7-3)34(38-24-32-22-36-32)28(20-30)16-12-8-4;1-5-9-21-13-25(14-22(10-6-2)29(21)33-19-27-17-31-27)26-15-23(11-7-3)30(24(16-26)12-8-4)34-20-28-18-32-28/h17-20,31-32H,5-16,21-24H2,1-4H3;5-8,13-16,27-28H,1-4,9-12,17-20H2. The summed E-state index contributed by atoms with van der Waals surface area (Å²) in [5.74, 6) is 4.07. The monoisotopic (exact) mass is 981 g/mol. The lowest BCUT2D eigenvalue weighted by Gasteiger charge is -2.21. The lowest BCUT2D eigenvalue weighted by molar-refractivity contribution is 0.258. The van der Waals surface area contributed by atoms with Gasteiger partial charge in [0.05, 0.1) is 26.4 Å². The Bertz CT molecular complexity index is 2110. The Balaban J connectivity index is 0.000000213. The van der Waals surface area contributed by atoms with Gasteiger partial charge in [0.1, 0.15) is 73.8 Å². The molecule has 4 aromatic carbocycles. The molecule has 4 unspecified atom stereocenters. The van der Waals surface area contributed by atoms with Gasteiger partial charge in [-0.05, 0) is 192 Å². The lowest BCUT2D eigenvalue weighted by atomic mass is 9.90. The molecule has 0 aromatic heterocycles. The van der Waals surface area contributed by atoms with Gasteiger partial charge in [-0.15, -0.1) is 26.3 Å². The molecule has 72 heavy (non-hydrogen) atoms. The quantitative estimate of drug-likeness (QED) is 0.0338. The van der Waals surface area contributed by atoms with Crippen LogP contribution in [0.5, 0.6) is 23.0 Å². The third-order valence-corrected chi connectivity index (χ3v) is 13.6. The number of epoxide rings is 4. The Kier molecular flexibility index (Phi) is 21.5. The highest BCUT2D eigenvalue weighted by molar-refractivity contribution is 5.72. The first kappa shape index (κ1) is 54.6. The molecule has 388 valence electrons. The summed E-state index contributed by atoms with van der Waals surface area (Å²) in [4.78, 5) is 0. The average molecular weight is 981 g/mol. The van der Waals surface area contributed by atoms with Crippen molar-refractivity contribution < 1.29 is 37.9 Å². The number of hydrogen-bond donors (Lipinski definition) is 0. The Hall–Kier alpha value is -5.12. The third-order valence-electron chi connectivity index (χ3n) is 13.6. The van der Waals surface area contributed by atoms with Crippen LogP contribution in [-0.2, 0) is 70.3 Å². The fraction of sp³-hybridized carbons (Fsp3) is 0.500. The van der Waals surface area contributed by atoms with E-state index in [0.717, 1.165) is 134 Å². The zero-order chi connectivity index (χ0) is 50.7. The minimum Gasteiger partial charge on any atom is -0.490 e. The van der Waals surface area contributed by atoms with Gasteiger partial charge < -0.3 is 37.9 Å². The predicted molar refractivity (Wildman–Crippen MR) is 295 cm³/mol. The molecular formula is C64H84O8. The summed E-state index contributed by atoms with van der Waals surface area (Å²) in [6, 6.07) is 18.5. The zero-order valence-electron chi connectivity index (χ0n) is 44.3. The van der Waals surface area contributed by atoms with Gasteiger partial charge in [0.15, 0.2) is 0 Å². The first-order valence-electron chi connectivity index (χ1n) is 27.4. The van der Waals surface area contributed by atoms with Crippen molar-refractivity contribution in [1.29, 1.82) is 0 Å². The molecule has 4 aromatic rings. The molecule has 0 radical (unpaired) electrons. The number of unbranched alkanes of at least 4 members (excludes halogenated alkanes) is 4. The van der Waals surface area contributed by atoms with E-state index in [0.29, 0.717) is 26.4 Å². The second kappa shape index (κ2) is 28.4. The summed E-state index contributed by atoms with van der Waals surface area (Å²) in [6.45, 7) is 30.6. The molecule has 8 nitrogen and oxygen atoms in total. The number of rotatable bonds is 34. The predicted octanol–water partition coefficient (Wildman–Crippen LogP) is 14.1. The van der Waals surface area contributed by atoms with E-state index in [1.165, 1.54) is 84.7 Å². The van der Waals surface area contributed by atoms with E-state index in [9.17, 15) is 0 Å². The smallest absolute Gasteiger partial charge is 0.126 e. The number of benzene rings is 4. The van der Waals surface area contributed by atoms with Crippen molar-refractivity contribution in [3.05, 3.63) is 144 Å². The fourth-order valence-electron chi connectivity index (χ4n) is 9.23. The Labute approximate surface area is 432 Å². The second-order valence-electron chi connectivity index (χ2n) is 19.9. The highest BCUT2D eigenvalue weighted by Gasteiger charge is 2.28. The summed E-state index contributed by atoms with van der Waals surface area (Å²) in [6.07, 6.45) is 25.1. The van der Waals surface area contributed by atoms with Crippen molar-refractivity contribution in [2.45, 2.75) is 155 Å². The lowest BCUT2D eigenvalue weighted by Crippen LogP contribution is -2.10. The SMILES string of the molecule is C=CCc1cc(-c2cc(CC=C)c(OCC3CO3)c(CC=C)c2)cc(CC=C)c1OCC1CO1.CCCCc1cc(-c2cc(CCCC)c(OCC3CO3)c(CCCC)c2)cc(CCCC)c1OCC1CO1. The Morgan fingerprint density at radius 3 is 0.736 bits per heavy atom. The van der Waals surface area contributed by atoms with Crippen molar-refractivity contribution >= 4 is 0 Å². The molecular weight excluding hydrogens is 897 g/mol. The van der Waals surface area contributed by atoms with E-state index in [4.69, 9.17) is 37.9 Å². The van der Waals surface area contributed by atoms with Gasteiger partial charge in [-0.2, -0.15) is 0 Å². The number of hydrogen-bond acceptors (Lipinski definition) is 8. The van der Waals surface area contributed by atoms with Crippen molar-refractivity contribution in [2.24, 2.45) is 0 Å². The van der Waals surface area contributed by atoms with Crippen LogP contribution in [0.2, 0.25) is 0 Å². The van der Waals surface area contributed by atoms with Gasteiger partial charge in [-0.3, -0.25) is 0 Å². The molecule has 4 aliphatic rings. The zero-order valence-corrected chi connectivity index (χ0v) is 44.3. The van der Waals surface area contributed by atoms with Crippen LogP contribution >= 0.6 is 0 Å². The van der Waals surface area contributed by atoms with Crippen LogP contribution < -0.4 is 18.9 Å². The van der Waals surface area contributed by atoms with Crippen LogP contribution in [0, 0.1) is 0 Å². The Morgan fingerprint density at radius 1 is 0.361 bits per heavy atom. The van der Waals surface area contributed by atoms with Crippen LogP contribution in [0.3, 0.4) is 0 Å². The van der Waals surface area contributed by atoms with Gasteiger partial charge in [-0.1, -0.05) is 77.7 Å². The van der Waals surface area contributed by atoms with Gasteiger partial charge in [-0.25, -0.2) is 0 Å². The van der Waals surface area contributed by atoms with Crippen LogP contribution in [0.1, 0.15) is 124 Å². The number of allylic oxidation sites excluding steroid dienone is 4. The van der Waals surface area contributed by atoms with Crippen molar-refractivity contribution in [1.82, 2.24) is 0 Å². The normalized spacial score (nSPS) is 18.1. The van der Waals surface area contributed by atoms with Crippen molar-refractivity contribution in [2.75, 3.05) is 52.9 Å². The van der Waals surface area contributed by atoms with Gasteiger partial charge in [0, 0.05) is 0 Å². The topological polar surface area (TPSA) is 87.0 Å². The molecule has 4 atom stereocenters. The highest BCUT2D eigenvalue weighted by Crippen LogP contribution is 2.40. The van der Waals surface area contributed by atoms with Gasteiger partial charge in [0.25, 0.3) is 0 Å². The summed E-state index contributed by atoms with van der Waals surface area (Å²) >= 11 is 0. The minimum absolute atomic E-state index is 0.198. The maximum atomic E-state index is 6.45. The molecule has 8 heteroatoms. The maximum absolute atomic E-state index is 6.45. The van der Waals surface area contributed by atoms with Gasteiger partial charge in [0.2, 0.25) is 0 Å². The van der Waals surface area contributed by atoms with E-state index in [1.54, 1.807) is 0 Å². The summed E-state index contributed by atoms with van der Waals surface area (Å²) in [5.41, 5.74) is 14.8. The summed E-state index contributed by atoms with van der Waals surface area (Å²) in [5, 5.41) is 0. The third kappa shape index (κ3) is 16.4. The van der Waals surface area contributed by atoms with Crippen LogP contribution in [-0.4, -0.2) is 77.3 Å². The summed E-state index contributed by atoms with van der Waals surface area (Å²) in [7, 11) is 0. The first-order chi connectivity index (χ1) is 35.3. The molecule has 0 aliphatic carbocycles. The van der Waals surface area contributed by atoms with Crippen LogP contribution in [0.15, 0.2) is 99.2 Å². The molecule has 0 saturated carbocycles. The van der Waals surface area contributed by atoms with Gasteiger partial charge >= 0.3 is 0 Å². The molecule has 4 saturated heterocycles. The molecule has 4 fully saturated rings. The molecule has 0 spiro atoms. The summed E-state index contributed by atoms with van der Waals surface area (Å²) < 4.78 is 46.9. The fourth-order valence-corrected chi connectivity index (χ4v) is 9.23. The molecule has 0 bridgehead atoms. The highest BCUT2D eigenvalue weighted by atomic mass is 16.6. The maximum Gasteiger partial charge on any atom is 0.126 e. The second-order valence-corrected chi connectivity index (χ2v) is 19.9. The molecule has 4 heterocycles. The van der Waals surface area contributed by atoms with E-state index in [-0.39, 0.29) is 24.4 Å². The first-order valence-corrected chi connectivity index (χ1v) is 27.4. The largest absolute Gasteiger partial charge is 0.490 e. The van der Waals surface area contributed by atoms with Crippen molar-refractivity contribution in [3.8, 4) is 45.3 Å². The minimum atomic E-state index is 0.198. The molecule has 8 rings (SSSR count). The molecule has 0 N–H and O–H groups in total. The van der Waals surface area contributed by atoms with Crippen molar-refractivity contribution in [3.63, 3.8) is 0 Å². The Morgan fingerprint density at radius 2 is 0.556 bits per heavy atom. The van der Waals surface area contributed by atoms with E-state index in [2.05, 4.69) is 103 Å². The number of aryl methyl sites for hydroxylation is 4.